The van der Waals surface area contributed by atoms with Crippen molar-refractivity contribution in [3.8, 4) is 0 Å². The number of hydrogen-bond acceptors (Lipinski definition) is 1. The zero-order chi connectivity index (χ0) is 12.7. The summed E-state index contributed by atoms with van der Waals surface area (Å²) >= 11 is 0. The normalized spacial score (nSPS) is 18.8. The number of Topliss-reactive ketones (excluding diaryl/α,β-unsaturated/α-hetero) is 1. The molecule has 0 saturated heterocycles. The number of aryl methyl sites for hydroxylation is 2. The molecule has 1 atom stereocenters. The Labute approximate surface area is 107 Å². The van der Waals surface area contributed by atoms with Crippen LogP contribution in [0, 0.1) is 13.8 Å². The number of fused-ring (bicyclic) bond motifs is 1. The van der Waals surface area contributed by atoms with Gasteiger partial charge in [0.2, 0.25) is 0 Å². The average molecular weight is 239 g/mol. The molecular weight excluding hydrogens is 222 g/mol. The molecule has 0 saturated carbocycles. The van der Waals surface area contributed by atoms with Crippen LogP contribution in [0.5, 0.6) is 0 Å². The maximum atomic E-state index is 12.2. The molecule has 1 aliphatic rings. The third kappa shape index (κ3) is 1.69. The number of carbonyl (C=O) groups excluding carboxylic acids is 1. The third-order valence-corrected chi connectivity index (χ3v) is 3.95. The molecule has 0 fully saturated rings. The average Bonchev–Trinajstić information content (AvgIpc) is 2.72. The second-order valence-corrected chi connectivity index (χ2v) is 5.21. The summed E-state index contributed by atoms with van der Waals surface area (Å²) in [6.45, 7) is 4.12. The molecule has 0 unspecified atom stereocenters. The van der Waals surface area contributed by atoms with Gasteiger partial charge in [-0.15, -0.1) is 0 Å². The van der Waals surface area contributed by atoms with Crippen LogP contribution < -0.4 is 0 Å². The van der Waals surface area contributed by atoms with E-state index >= 15 is 0 Å². The first-order valence-electron chi connectivity index (χ1n) is 6.42. The van der Waals surface area contributed by atoms with E-state index in [1.807, 2.05) is 19.2 Å². The molecule has 1 aromatic heterocycles. The number of aromatic amines is 1. The molecular formula is C16H17NO. The van der Waals surface area contributed by atoms with Gasteiger partial charge in [0.05, 0.1) is 0 Å². The Morgan fingerprint density at radius 3 is 2.67 bits per heavy atom. The van der Waals surface area contributed by atoms with Crippen molar-refractivity contribution in [1.82, 2.24) is 4.98 Å². The zero-order valence-electron chi connectivity index (χ0n) is 10.8. The minimum absolute atomic E-state index is 0.281. The minimum atomic E-state index is 0.281. The first kappa shape index (κ1) is 11.3. The van der Waals surface area contributed by atoms with E-state index in [1.54, 1.807) is 0 Å². The lowest BCUT2D eigenvalue weighted by molar-refractivity contribution is 0.0963. The Morgan fingerprint density at radius 2 is 1.89 bits per heavy atom. The highest BCUT2D eigenvalue weighted by molar-refractivity contribution is 6.00. The first-order valence-corrected chi connectivity index (χ1v) is 6.42. The molecule has 2 aromatic rings. The lowest BCUT2D eigenvalue weighted by Crippen LogP contribution is -2.19. The molecule has 1 aromatic carbocycles. The Morgan fingerprint density at radius 1 is 1.11 bits per heavy atom. The first-order chi connectivity index (χ1) is 8.66. The Kier molecular flexibility index (Phi) is 2.58. The highest BCUT2D eigenvalue weighted by Gasteiger charge is 2.29. The summed E-state index contributed by atoms with van der Waals surface area (Å²) in [4.78, 5) is 15.5. The zero-order valence-corrected chi connectivity index (χ0v) is 10.8. The van der Waals surface area contributed by atoms with Crippen molar-refractivity contribution in [2.75, 3.05) is 0 Å². The fraction of sp³-hybridized carbons (Fsp3) is 0.312. The van der Waals surface area contributed by atoms with Crippen LogP contribution in [0.25, 0.3) is 0 Å². The van der Waals surface area contributed by atoms with Gasteiger partial charge in [0.25, 0.3) is 0 Å². The molecule has 2 heteroatoms. The Balaban J connectivity index is 2.00. The second-order valence-electron chi connectivity index (χ2n) is 5.21. The van der Waals surface area contributed by atoms with Gasteiger partial charge in [0, 0.05) is 23.9 Å². The number of ketones is 1. The number of carbonyl (C=O) groups is 1. The van der Waals surface area contributed by atoms with Gasteiger partial charge in [-0.25, -0.2) is 0 Å². The van der Waals surface area contributed by atoms with Crippen LogP contribution >= 0.6 is 0 Å². The standard InChI is InChI=1S/C16H17NO/c1-10-5-3-4-6-13(10)12-7-14-16(15(18)8-12)11(2)9-17-14/h3-6,9,12,17H,7-8H2,1-2H3/t12-/m1/s1. The molecule has 0 aliphatic heterocycles. The van der Waals surface area contributed by atoms with Gasteiger partial charge in [0.15, 0.2) is 5.78 Å². The predicted octanol–water partition coefficient (Wildman–Crippen LogP) is 3.54. The van der Waals surface area contributed by atoms with Gasteiger partial charge >= 0.3 is 0 Å². The summed E-state index contributed by atoms with van der Waals surface area (Å²) in [6, 6.07) is 8.37. The van der Waals surface area contributed by atoms with Gasteiger partial charge in [0.1, 0.15) is 0 Å². The Hall–Kier alpha value is -1.83. The summed E-state index contributed by atoms with van der Waals surface area (Å²) in [5.74, 6) is 0.604. The van der Waals surface area contributed by atoms with Crippen LogP contribution in [0.4, 0.5) is 0 Å². The van der Waals surface area contributed by atoms with Crippen molar-refractivity contribution < 1.29 is 4.79 Å². The SMILES string of the molecule is Cc1ccccc1[C@H]1CC(=O)c2c(C)c[nH]c2C1. The van der Waals surface area contributed by atoms with Crippen molar-refractivity contribution in [2.24, 2.45) is 0 Å². The minimum Gasteiger partial charge on any atom is -0.364 e. The van der Waals surface area contributed by atoms with Crippen molar-refractivity contribution >= 4 is 5.78 Å². The molecule has 0 spiro atoms. The monoisotopic (exact) mass is 239 g/mol. The summed E-state index contributed by atoms with van der Waals surface area (Å²) in [5, 5.41) is 0. The van der Waals surface area contributed by atoms with E-state index < -0.39 is 0 Å². The molecule has 92 valence electrons. The van der Waals surface area contributed by atoms with Gasteiger partial charge < -0.3 is 4.98 Å². The molecule has 18 heavy (non-hydrogen) atoms. The van der Waals surface area contributed by atoms with Crippen molar-refractivity contribution in [3.05, 3.63) is 58.4 Å². The highest BCUT2D eigenvalue weighted by Crippen LogP contribution is 2.34. The van der Waals surface area contributed by atoms with Crippen molar-refractivity contribution in [3.63, 3.8) is 0 Å². The maximum absolute atomic E-state index is 12.2. The van der Waals surface area contributed by atoms with E-state index in [2.05, 4.69) is 30.1 Å². The molecule has 0 amide bonds. The summed E-state index contributed by atoms with van der Waals surface area (Å²) < 4.78 is 0. The third-order valence-electron chi connectivity index (χ3n) is 3.95. The van der Waals surface area contributed by atoms with Crippen molar-refractivity contribution in [2.45, 2.75) is 32.6 Å². The summed E-state index contributed by atoms with van der Waals surface area (Å²) in [6.07, 6.45) is 3.53. The van der Waals surface area contributed by atoms with Crippen LogP contribution in [-0.4, -0.2) is 10.8 Å². The van der Waals surface area contributed by atoms with Gasteiger partial charge in [-0.3, -0.25) is 4.79 Å². The number of rotatable bonds is 1. The summed E-state index contributed by atoms with van der Waals surface area (Å²) in [7, 11) is 0. The molecule has 2 nitrogen and oxygen atoms in total. The Bertz CT molecular complexity index is 609. The van der Waals surface area contributed by atoms with Gasteiger partial charge in [-0.1, -0.05) is 24.3 Å². The van der Waals surface area contributed by atoms with Gasteiger partial charge in [-0.05, 0) is 42.9 Å². The van der Waals surface area contributed by atoms with Crippen LogP contribution in [0.1, 0.15) is 45.1 Å². The maximum Gasteiger partial charge on any atom is 0.165 e. The number of H-pyrrole nitrogens is 1. The molecule has 0 radical (unpaired) electrons. The van der Waals surface area contributed by atoms with E-state index in [9.17, 15) is 4.79 Å². The number of aromatic nitrogens is 1. The fourth-order valence-electron chi connectivity index (χ4n) is 3.04. The lowest BCUT2D eigenvalue weighted by atomic mass is 9.80. The molecule has 1 N–H and O–H groups in total. The summed E-state index contributed by atoms with van der Waals surface area (Å²) in [5.41, 5.74) is 5.71. The van der Waals surface area contributed by atoms with E-state index in [0.29, 0.717) is 12.3 Å². The van der Waals surface area contributed by atoms with E-state index in [0.717, 1.165) is 23.2 Å². The smallest absolute Gasteiger partial charge is 0.165 e. The largest absolute Gasteiger partial charge is 0.364 e. The van der Waals surface area contributed by atoms with E-state index in [-0.39, 0.29) is 5.78 Å². The van der Waals surface area contributed by atoms with E-state index in [1.165, 1.54) is 11.1 Å². The topological polar surface area (TPSA) is 32.9 Å². The molecule has 3 rings (SSSR count). The number of benzene rings is 1. The molecule has 1 aliphatic carbocycles. The van der Waals surface area contributed by atoms with Crippen molar-refractivity contribution in [1.29, 1.82) is 0 Å². The fourth-order valence-corrected chi connectivity index (χ4v) is 3.04. The van der Waals surface area contributed by atoms with Crippen LogP contribution in [0.2, 0.25) is 0 Å². The number of hydrogen-bond donors (Lipinski definition) is 1. The lowest BCUT2D eigenvalue weighted by Gasteiger charge is -2.23. The van der Waals surface area contributed by atoms with Crippen LogP contribution in [-0.2, 0) is 6.42 Å². The van der Waals surface area contributed by atoms with E-state index in [4.69, 9.17) is 0 Å². The van der Waals surface area contributed by atoms with Crippen LogP contribution in [0.3, 0.4) is 0 Å². The van der Waals surface area contributed by atoms with Crippen LogP contribution in [0.15, 0.2) is 30.5 Å². The quantitative estimate of drug-likeness (QED) is 0.811. The highest BCUT2D eigenvalue weighted by atomic mass is 16.1. The second kappa shape index (κ2) is 4.13. The molecule has 0 bridgehead atoms. The predicted molar refractivity (Wildman–Crippen MR) is 72.1 cm³/mol. The molecule has 1 heterocycles. The van der Waals surface area contributed by atoms with Gasteiger partial charge in [-0.2, -0.15) is 0 Å². The number of nitrogens with one attached hydrogen (secondary N) is 1.